The number of carboxylic acid groups (broad SMARTS) is 1. The lowest BCUT2D eigenvalue weighted by atomic mass is 9.85. The maximum Gasteiger partial charge on any atom is 0.317 e. The summed E-state index contributed by atoms with van der Waals surface area (Å²) in [6.45, 7) is 3.52. The largest absolute Gasteiger partial charge is 0.480 e. The van der Waals surface area contributed by atoms with E-state index < -0.39 is 5.97 Å². The molecule has 1 saturated heterocycles. The van der Waals surface area contributed by atoms with Gasteiger partial charge in [-0.05, 0) is 50.3 Å². The summed E-state index contributed by atoms with van der Waals surface area (Å²) in [6, 6.07) is 8.36. The molecule has 2 fully saturated rings. The van der Waals surface area contributed by atoms with Crippen LogP contribution in [0.3, 0.4) is 0 Å². The fourth-order valence-corrected chi connectivity index (χ4v) is 4.38. The van der Waals surface area contributed by atoms with E-state index >= 15 is 0 Å². The van der Waals surface area contributed by atoms with Crippen molar-refractivity contribution in [3.8, 4) is 0 Å². The van der Waals surface area contributed by atoms with Gasteiger partial charge in [0.25, 0.3) is 0 Å². The molecule has 6 nitrogen and oxygen atoms in total. The van der Waals surface area contributed by atoms with Crippen molar-refractivity contribution in [1.82, 2.24) is 15.1 Å². The summed E-state index contributed by atoms with van der Waals surface area (Å²) in [5.41, 5.74) is 1.08. The Balaban J connectivity index is 1.49. The predicted molar refractivity (Wildman–Crippen MR) is 105 cm³/mol. The van der Waals surface area contributed by atoms with Crippen LogP contribution in [0.1, 0.15) is 38.2 Å². The molecule has 1 aliphatic heterocycles. The third-order valence-corrected chi connectivity index (χ3v) is 6.12. The molecular formula is C20H28ClN3O3. The molecule has 2 N–H and O–H groups in total. The molecule has 0 spiro atoms. The first kappa shape index (κ1) is 20.0. The molecule has 148 valence electrons. The Bertz CT molecular complexity index is 678. The number of nitrogens with zero attached hydrogens (tertiary/aromatic N) is 2. The highest BCUT2D eigenvalue weighted by atomic mass is 35.5. The van der Waals surface area contributed by atoms with Crippen molar-refractivity contribution in [2.75, 3.05) is 19.6 Å². The van der Waals surface area contributed by atoms with Gasteiger partial charge in [0, 0.05) is 29.7 Å². The van der Waals surface area contributed by atoms with Crippen LogP contribution in [0.25, 0.3) is 0 Å². The maximum absolute atomic E-state index is 12.7. The Hall–Kier alpha value is -1.79. The minimum atomic E-state index is -0.802. The topological polar surface area (TPSA) is 72.9 Å². The van der Waals surface area contributed by atoms with Crippen LogP contribution in [0.5, 0.6) is 0 Å². The molecule has 1 unspecified atom stereocenters. The third-order valence-electron chi connectivity index (χ3n) is 5.75. The lowest BCUT2D eigenvalue weighted by Crippen LogP contribution is -2.57. The summed E-state index contributed by atoms with van der Waals surface area (Å²) in [7, 11) is 0. The van der Waals surface area contributed by atoms with Crippen LogP contribution in [-0.2, 0) is 11.2 Å². The van der Waals surface area contributed by atoms with E-state index in [-0.39, 0.29) is 30.7 Å². The summed E-state index contributed by atoms with van der Waals surface area (Å²) in [5.74, 6) is -0.802. The monoisotopic (exact) mass is 393 g/mol. The molecule has 0 radical (unpaired) electrons. The first-order valence-electron chi connectivity index (χ1n) is 9.74. The minimum absolute atomic E-state index is 0.00529. The molecule has 1 heterocycles. The standard InChI is InChI=1S/C20H28ClN3O3/c1-2-23(13-19(25)26)17-11-15(12-17)22-20(27)24-9-5-7-16(24)10-14-6-3-4-8-18(14)21/h3-4,6,8,15-17H,2,5,7,9-13H2,1H3,(H,22,27)(H,25,26). The van der Waals surface area contributed by atoms with Gasteiger partial charge in [0.15, 0.2) is 0 Å². The van der Waals surface area contributed by atoms with Crippen molar-refractivity contribution in [3.05, 3.63) is 34.9 Å². The molecule has 0 aromatic heterocycles. The van der Waals surface area contributed by atoms with Crippen molar-refractivity contribution in [1.29, 1.82) is 0 Å². The maximum atomic E-state index is 12.7. The van der Waals surface area contributed by atoms with Gasteiger partial charge in [0.05, 0.1) is 6.54 Å². The molecular weight excluding hydrogens is 366 g/mol. The molecule has 7 heteroatoms. The lowest BCUT2D eigenvalue weighted by molar-refractivity contribution is -0.139. The number of carboxylic acids is 1. The first-order valence-corrected chi connectivity index (χ1v) is 10.1. The number of aliphatic carboxylic acids is 1. The van der Waals surface area contributed by atoms with E-state index in [4.69, 9.17) is 16.7 Å². The van der Waals surface area contributed by atoms with Crippen molar-refractivity contribution in [2.45, 2.75) is 57.2 Å². The van der Waals surface area contributed by atoms with Crippen molar-refractivity contribution in [2.24, 2.45) is 0 Å². The van der Waals surface area contributed by atoms with Crippen LogP contribution in [0, 0.1) is 0 Å². The molecule has 27 heavy (non-hydrogen) atoms. The summed E-state index contributed by atoms with van der Waals surface area (Å²) >= 11 is 6.28. The highest BCUT2D eigenvalue weighted by molar-refractivity contribution is 6.31. The quantitative estimate of drug-likeness (QED) is 0.746. The molecule has 1 saturated carbocycles. The van der Waals surface area contributed by atoms with Crippen LogP contribution < -0.4 is 5.32 Å². The highest BCUT2D eigenvalue weighted by Gasteiger charge is 2.37. The van der Waals surface area contributed by atoms with Crippen LogP contribution in [-0.4, -0.2) is 64.7 Å². The number of urea groups is 1. The zero-order valence-electron chi connectivity index (χ0n) is 15.7. The number of hydrogen-bond donors (Lipinski definition) is 2. The van der Waals surface area contributed by atoms with E-state index in [1.807, 2.05) is 41.0 Å². The number of rotatable bonds is 7. The fourth-order valence-electron chi connectivity index (χ4n) is 4.17. The van der Waals surface area contributed by atoms with Gasteiger partial charge in [-0.25, -0.2) is 4.79 Å². The van der Waals surface area contributed by atoms with E-state index in [2.05, 4.69) is 5.32 Å². The number of carbonyl (C=O) groups is 2. The molecule has 1 aromatic carbocycles. The Kier molecular flexibility index (Phi) is 6.60. The normalized spacial score (nSPS) is 24.7. The van der Waals surface area contributed by atoms with E-state index in [1.54, 1.807) is 0 Å². The second-order valence-corrected chi connectivity index (χ2v) is 7.92. The van der Waals surface area contributed by atoms with Crippen molar-refractivity contribution < 1.29 is 14.7 Å². The molecule has 1 aliphatic carbocycles. The summed E-state index contributed by atoms with van der Waals surface area (Å²) in [4.78, 5) is 27.6. The first-order chi connectivity index (χ1) is 13.0. The summed E-state index contributed by atoms with van der Waals surface area (Å²) in [6.07, 6.45) is 4.42. The van der Waals surface area contributed by atoms with Gasteiger partial charge in [-0.2, -0.15) is 0 Å². The molecule has 0 bridgehead atoms. The van der Waals surface area contributed by atoms with Crippen molar-refractivity contribution >= 4 is 23.6 Å². The predicted octanol–water partition coefficient (Wildman–Crippen LogP) is 2.99. The van der Waals surface area contributed by atoms with E-state index in [9.17, 15) is 9.59 Å². The highest BCUT2D eigenvalue weighted by Crippen LogP contribution is 2.28. The van der Waals surface area contributed by atoms with Crippen LogP contribution in [0.2, 0.25) is 5.02 Å². The third kappa shape index (κ3) is 4.93. The van der Waals surface area contributed by atoms with E-state index in [0.29, 0.717) is 6.54 Å². The van der Waals surface area contributed by atoms with Gasteiger partial charge in [0.1, 0.15) is 0 Å². The number of hydrogen-bond acceptors (Lipinski definition) is 3. The van der Waals surface area contributed by atoms with Crippen LogP contribution in [0.15, 0.2) is 24.3 Å². The second kappa shape index (κ2) is 8.93. The number of carbonyl (C=O) groups excluding carboxylic acids is 1. The average Bonchev–Trinajstić information content (AvgIpc) is 3.06. The Morgan fingerprint density at radius 2 is 2.07 bits per heavy atom. The molecule has 1 aromatic rings. The SMILES string of the molecule is CCN(CC(=O)O)C1CC(NC(=O)N2CCCC2Cc2ccccc2Cl)C1. The number of likely N-dealkylation sites (tertiary alicyclic amines) is 1. The lowest BCUT2D eigenvalue weighted by Gasteiger charge is -2.43. The van der Waals surface area contributed by atoms with Crippen LogP contribution in [0.4, 0.5) is 4.79 Å². The van der Waals surface area contributed by atoms with Gasteiger partial charge in [-0.15, -0.1) is 0 Å². The number of likely N-dealkylation sites (N-methyl/N-ethyl adjacent to an activating group) is 1. The van der Waals surface area contributed by atoms with Gasteiger partial charge < -0.3 is 15.3 Å². The molecule has 3 rings (SSSR count). The van der Waals surface area contributed by atoms with Gasteiger partial charge in [-0.1, -0.05) is 36.7 Å². The Morgan fingerprint density at radius 3 is 2.74 bits per heavy atom. The minimum Gasteiger partial charge on any atom is -0.480 e. The van der Waals surface area contributed by atoms with Gasteiger partial charge in [-0.3, -0.25) is 9.69 Å². The summed E-state index contributed by atoms with van der Waals surface area (Å²) in [5, 5.41) is 12.9. The number of halogens is 1. The van der Waals surface area contributed by atoms with E-state index in [0.717, 1.165) is 49.2 Å². The van der Waals surface area contributed by atoms with Gasteiger partial charge in [0.2, 0.25) is 0 Å². The average molecular weight is 394 g/mol. The number of amides is 2. The zero-order valence-corrected chi connectivity index (χ0v) is 16.5. The van der Waals surface area contributed by atoms with Crippen molar-refractivity contribution in [3.63, 3.8) is 0 Å². The fraction of sp³-hybridized carbons (Fsp3) is 0.600. The Morgan fingerprint density at radius 1 is 1.33 bits per heavy atom. The number of benzene rings is 1. The van der Waals surface area contributed by atoms with E-state index in [1.165, 1.54) is 0 Å². The van der Waals surface area contributed by atoms with Gasteiger partial charge >= 0.3 is 12.0 Å². The van der Waals surface area contributed by atoms with Crippen LogP contribution >= 0.6 is 11.6 Å². The molecule has 2 amide bonds. The molecule has 1 atom stereocenters. The summed E-state index contributed by atoms with van der Waals surface area (Å²) < 4.78 is 0. The second-order valence-electron chi connectivity index (χ2n) is 7.51. The number of nitrogens with one attached hydrogen (secondary N) is 1. The molecule has 2 aliphatic rings. The zero-order chi connectivity index (χ0) is 19.4. The smallest absolute Gasteiger partial charge is 0.317 e. The Labute approximate surface area is 165 Å².